The van der Waals surface area contributed by atoms with Crippen molar-refractivity contribution in [3.63, 3.8) is 0 Å². The quantitative estimate of drug-likeness (QED) is 0.574. The Morgan fingerprint density at radius 2 is 1.93 bits per heavy atom. The summed E-state index contributed by atoms with van der Waals surface area (Å²) >= 11 is 5.99. The van der Waals surface area contributed by atoms with Crippen molar-refractivity contribution >= 4 is 47.2 Å². The Bertz CT molecular complexity index is 1060. The van der Waals surface area contributed by atoms with Gasteiger partial charge < -0.3 is 9.84 Å². The normalized spacial score (nSPS) is 15.4. The number of hydrogen-bond acceptors (Lipinski definition) is 5. The number of amides is 4. The first-order valence-electron chi connectivity index (χ1n) is 8.39. The van der Waals surface area contributed by atoms with E-state index in [0.29, 0.717) is 16.1 Å². The van der Waals surface area contributed by atoms with Gasteiger partial charge in [-0.05, 0) is 36.8 Å². The molecule has 1 aliphatic rings. The first-order valence-corrected chi connectivity index (χ1v) is 8.77. The second-order valence-corrected chi connectivity index (χ2v) is 6.55. The number of barbiturate groups is 1. The summed E-state index contributed by atoms with van der Waals surface area (Å²) in [7, 11) is 0. The Hall–Kier alpha value is -3.65. The second kappa shape index (κ2) is 8.15. The van der Waals surface area contributed by atoms with Gasteiger partial charge in [0, 0.05) is 10.6 Å². The van der Waals surface area contributed by atoms with Crippen molar-refractivity contribution in [2.45, 2.75) is 6.92 Å². The maximum Gasteiger partial charge on any atom is 0.341 e. The summed E-state index contributed by atoms with van der Waals surface area (Å²) in [5, 5.41) is 11.2. The molecule has 2 N–H and O–H groups in total. The van der Waals surface area contributed by atoms with Crippen molar-refractivity contribution < 1.29 is 29.0 Å². The molecule has 1 saturated heterocycles. The lowest BCUT2D eigenvalue weighted by molar-refractivity contribution is -0.139. The van der Waals surface area contributed by atoms with Gasteiger partial charge in [-0.1, -0.05) is 35.9 Å². The maximum absolute atomic E-state index is 13.0. The molecule has 2 aromatic carbocycles. The highest BCUT2D eigenvalue weighted by Gasteiger charge is 2.37. The van der Waals surface area contributed by atoms with Gasteiger partial charge in [-0.25, -0.2) is 14.5 Å². The average Bonchev–Trinajstić information content (AvgIpc) is 2.66. The smallest absolute Gasteiger partial charge is 0.341 e. The van der Waals surface area contributed by atoms with E-state index in [2.05, 4.69) is 5.32 Å². The fraction of sp³-hybridized carbons (Fsp3) is 0.100. The van der Waals surface area contributed by atoms with E-state index < -0.39 is 30.4 Å². The molecule has 8 nitrogen and oxygen atoms in total. The highest BCUT2D eigenvalue weighted by Crippen LogP contribution is 2.29. The molecule has 1 heterocycles. The lowest BCUT2D eigenvalue weighted by atomic mass is 10.1. The molecule has 3 rings (SSSR count). The Balaban J connectivity index is 2.03. The first kappa shape index (κ1) is 20.1. The number of nitrogens with one attached hydrogen (secondary N) is 1. The Kier molecular flexibility index (Phi) is 5.65. The largest absolute Gasteiger partial charge is 0.481 e. The summed E-state index contributed by atoms with van der Waals surface area (Å²) in [4.78, 5) is 49.2. The number of benzene rings is 2. The third kappa shape index (κ3) is 4.27. The van der Waals surface area contributed by atoms with E-state index in [-0.39, 0.29) is 17.0 Å². The van der Waals surface area contributed by atoms with Crippen LogP contribution in [0.15, 0.2) is 48.0 Å². The van der Waals surface area contributed by atoms with Gasteiger partial charge in [0.05, 0.1) is 5.69 Å². The summed E-state index contributed by atoms with van der Waals surface area (Å²) < 4.78 is 5.19. The van der Waals surface area contributed by atoms with E-state index in [4.69, 9.17) is 21.4 Å². The fourth-order valence-corrected chi connectivity index (χ4v) is 2.89. The van der Waals surface area contributed by atoms with Crippen molar-refractivity contribution in [2.75, 3.05) is 11.5 Å². The molecule has 2 aromatic rings. The van der Waals surface area contributed by atoms with E-state index in [1.165, 1.54) is 18.2 Å². The number of carbonyl (C=O) groups excluding carboxylic acids is 3. The molecule has 0 spiro atoms. The summed E-state index contributed by atoms with van der Waals surface area (Å²) in [6, 6.07) is 10.1. The van der Waals surface area contributed by atoms with Gasteiger partial charge in [-0.3, -0.25) is 14.9 Å². The first-order chi connectivity index (χ1) is 13.8. The second-order valence-electron chi connectivity index (χ2n) is 6.11. The number of carboxylic acids is 1. The van der Waals surface area contributed by atoms with Gasteiger partial charge in [0.1, 0.15) is 11.3 Å². The number of urea groups is 1. The number of halogens is 1. The van der Waals surface area contributed by atoms with Crippen molar-refractivity contribution in [1.82, 2.24) is 5.32 Å². The molecule has 0 aliphatic carbocycles. The molecule has 0 radical (unpaired) electrons. The average molecular weight is 415 g/mol. The van der Waals surface area contributed by atoms with Gasteiger partial charge in [-0.2, -0.15) is 0 Å². The van der Waals surface area contributed by atoms with Crippen LogP contribution in [0.25, 0.3) is 6.08 Å². The van der Waals surface area contributed by atoms with E-state index in [9.17, 15) is 19.2 Å². The molecular formula is C20H15ClN2O6. The number of aryl methyl sites for hydroxylation is 1. The summed E-state index contributed by atoms with van der Waals surface area (Å²) in [6.07, 6.45) is 1.24. The highest BCUT2D eigenvalue weighted by molar-refractivity contribution is 6.39. The van der Waals surface area contributed by atoms with E-state index in [1.807, 2.05) is 0 Å². The lowest BCUT2D eigenvalue weighted by Gasteiger charge is -2.27. The van der Waals surface area contributed by atoms with Crippen LogP contribution in [0.3, 0.4) is 0 Å². The van der Waals surface area contributed by atoms with Crippen molar-refractivity contribution in [1.29, 1.82) is 0 Å². The Morgan fingerprint density at radius 3 is 2.66 bits per heavy atom. The van der Waals surface area contributed by atoms with Gasteiger partial charge in [0.2, 0.25) is 0 Å². The number of carboxylic acid groups (broad SMARTS) is 1. The molecule has 1 aliphatic heterocycles. The number of rotatable bonds is 5. The zero-order chi connectivity index (χ0) is 21.1. The SMILES string of the molecule is Cc1ccc(Cl)cc1N1C(=O)NC(=O)/C(=C\c2ccccc2OCC(=O)O)C1=O. The summed E-state index contributed by atoms with van der Waals surface area (Å²) in [5.74, 6) is -2.71. The minimum Gasteiger partial charge on any atom is -0.481 e. The number of anilines is 1. The van der Waals surface area contributed by atoms with Crippen LogP contribution in [0.2, 0.25) is 5.02 Å². The maximum atomic E-state index is 13.0. The van der Waals surface area contributed by atoms with Crippen molar-refractivity contribution in [3.8, 4) is 5.75 Å². The molecule has 0 unspecified atom stereocenters. The molecule has 4 amide bonds. The monoisotopic (exact) mass is 414 g/mol. The lowest BCUT2D eigenvalue weighted by Crippen LogP contribution is -2.54. The zero-order valence-corrected chi connectivity index (χ0v) is 15.9. The highest BCUT2D eigenvalue weighted by atomic mass is 35.5. The van der Waals surface area contributed by atoms with Gasteiger partial charge in [0.25, 0.3) is 11.8 Å². The molecule has 0 saturated carbocycles. The number of imide groups is 2. The predicted molar refractivity (Wildman–Crippen MR) is 105 cm³/mol. The van der Waals surface area contributed by atoms with Crippen LogP contribution in [-0.4, -0.2) is 35.5 Å². The van der Waals surface area contributed by atoms with Crippen molar-refractivity contribution in [3.05, 3.63) is 64.2 Å². The molecule has 148 valence electrons. The van der Waals surface area contributed by atoms with Crippen LogP contribution >= 0.6 is 11.6 Å². The van der Waals surface area contributed by atoms with E-state index >= 15 is 0 Å². The van der Waals surface area contributed by atoms with Crippen LogP contribution in [-0.2, 0) is 14.4 Å². The number of aliphatic carboxylic acids is 1. The van der Waals surface area contributed by atoms with Crippen LogP contribution in [0.5, 0.6) is 5.75 Å². The molecule has 0 bridgehead atoms. The number of nitrogens with zero attached hydrogens (tertiary/aromatic N) is 1. The predicted octanol–water partition coefficient (Wildman–Crippen LogP) is 2.78. The Morgan fingerprint density at radius 1 is 1.21 bits per heavy atom. The minimum atomic E-state index is -1.17. The van der Waals surface area contributed by atoms with Crippen LogP contribution in [0.4, 0.5) is 10.5 Å². The van der Waals surface area contributed by atoms with Gasteiger partial charge in [0.15, 0.2) is 6.61 Å². The molecule has 9 heteroatoms. The fourth-order valence-electron chi connectivity index (χ4n) is 2.73. The molecule has 1 fully saturated rings. The molecule has 0 aromatic heterocycles. The van der Waals surface area contributed by atoms with Crippen LogP contribution in [0, 0.1) is 6.92 Å². The van der Waals surface area contributed by atoms with Gasteiger partial charge in [-0.15, -0.1) is 0 Å². The molecule has 0 atom stereocenters. The standard InChI is InChI=1S/C20H15ClN2O6/c1-11-6-7-13(21)9-15(11)23-19(27)14(18(26)22-20(23)28)8-12-4-2-3-5-16(12)29-10-17(24)25/h2-9H,10H2,1H3,(H,24,25)(H,22,26,28)/b14-8+. The van der Waals surface area contributed by atoms with Crippen LogP contribution in [0.1, 0.15) is 11.1 Å². The zero-order valence-electron chi connectivity index (χ0n) is 15.1. The Labute approximate surface area is 170 Å². The number of ether oxygens (including phenoxy) is 1. The third-order valence-corrected chi connectivity index (χ3v) is 4.32. The summed E-state index contributed by atoms with van der Waals surface area (Å²) in [6.45, 7) is 1.10. The van der Waals surface area contributed by atoms with E-state index in [0.717, 1.165) is 4.90 Å². The minimum absolute atomic E-state index is 0.172. The molecular weight excluding hydrogens is 400 g/mol. The number of para-hydroxylation sites is 1. The third-order valence-electron chi connectivity index (χ3n) is 4.08. The topological polar surface area (TPSA) is 113 Å². The molecule has 29 heavy (non-hydrogen) atoms. The van der Waals surface area contributed by atoms with Crippen LogP contribution < -0.4 is 15.0 Å². The number of hydrogen-bond donors (Lipinski definition) is 2. The van der Waals surface area contributed by atoms with E-state index in [1.54, 1.807) is 37.3 Å². The summed E-state index contributed by atoms with van der Waals surface area (Å²) in [5.41, 5.74) is 0.852. The van der Waals surface area contributed by atoms with Gasteiger partial charge >= 0.3 is 12.0 Å². The number of carbonyl (C=O) groups is 4. The van der Waals surface area contributed by atoms with Crippen molar-refractivity contribution in [2.24, 2.45) is 0 Å².